The lowest BCUT2D eigenvalue weighted by Crippen LogP contribution is -2.40. The molecule has 2 atom stereocenters. The monoisotopic (exact) mass is 235 g/mol. The van der Waals surface area contributed by atoms with E-state index in [1.807, 2.05) is 12.4 Å². The second-order valence-electron chi connectivity index (χ2n) is 4.57. The van der Waals surface area contributed by atoms with Gasteiger partial charge in [-0.15, -0.1) is 0 Å². The van der Waals surface area contributed by atoms with E-state index in [4.69, 9.17) is 5.73 Å². The van der Waals surface area contributed by atoms with Crippen molar-refractivity contribution in [2.45, 2.75) is 45.7 Å². The third-order valence-electron chi connectivity index (χ3n) is 3.14. The van der Waals surface area contributed by atoms with E-state index in [9.17, 15) is 0 Å². The molecule has 0 fully saturated rings. The van der Waals surface area contributed by atoms with Gasteiger partial charge in [0.1, 0.15) is 0 Å². The topological polar surface area (TPSA) is 42.2 Å². The Bertz CT molecular complexity index is 298. The van der Waals surface area contributed by atoms with Gasteiger partial charge in [0.25, 0.3) is 0 Å². The minimum atomic E-state index is 0.134. The highest BCUT2D eigenvalue weighted by Gasteiger charge is 2.22. The predicted octanol–water partition coefficient (Wildman–Crippen LogP) is 2.59. The molecule has 2 N–H and O–H groups in total. The van der Waals surface area contributed by atoms with E-state index in [2.05, 4.69) is 42.8 Å². The number of rotatable bonds is 7. The molecule has 1 rings (SSSR count). The molecular formula is C14H25N3. The number of nitrogens with zero attached hydrogens (tertiary/aromatic N) is 2. The molecule has 0 saturated heterocycles. The first kappa shape index (κ1) is 14.1. The minimum Gasteiger partial charge on any atom is -0.326 e. The van der Waals surface area contributed by atoms with E-state index < -0.39 is 0 Å². The van der Waals surface area contributed by atoms with Crippen molar-refractivity contribution >= 4 is 0 Å². The lowest BCUT2D eigenvalue weighted by atomic mass is 10.00. The average Bonchev–Trinajstić information content (AvgIpc) is 2.35. The van der Waals surface area contributed by atoms with E-state index in [1.54, 1.807) is 0 Å². The SMILES string of the molecule is CCCCN(CC)C(c1ccncc1)C(C)N. The summed E-state index contributed by atoms with van der Waals surface area (Å²) in [6.45, 7) is 8.66. The Balaban J connectivity index is 2.83. The zero-order chi connectivity index (χ0) is 12.7. The smallest absolute Gasteiger partial charge is 0.0497 e. The van der Waals surface area contributed by atoms with Gasteiger partial charge in [0.2, 0.25) is 0 Å². The number of nitrogens with two attached hydrogens (primary N) is 1. The van der Waals surface area contributed by atoms with Crippen LogP contribution in [0, 0.1) is 0 Å². The van der Waals surface area contributed by atoms with Gasteiger partial charge in [-0.2, -0.15) is 0 Å². The van der Waals surface area contributed by atoms with Crippen LogP contribution in [-0.2, 0) is 0 Å². The van der Waals surface area contributed by atoms with Crippen molar-refractivity contribution in [2.24, 2.45) is 5.73 Å². The number of hydrogen-bond donors (Lipinski definition) is 1. The Morgan fingerprint density at radius 3 is 2.41 bits per heavy atom. The molecule has 1 heterocycles. The van der Waals surface area contributed by atoms with E-state index in [0.29, 0.717) is 6.04 Å². The molecule has 3 nitrogen and oxygen atoms in total. The first-order chi connectivity index (χ1) is 8.20. The lowest BCUT2D eigenvalue weighted by Gasteiger charge is -2.33. The second kappa shape index (κ2) is 7.41. The van der Waals surface area contributed by atoms with Crippen molar-refractivity contribution in [2.75, 3.05) is 13.1 Å². The van der Waals surface area contributed by atoms with Gasteiger partial charge in [0.15, 0.2) is 0 Å². The third-order valence-corrected chi connectivity index (χ3v) is 3.14. The van der Waals surface area contributed by atoms with Crippen molar-refractivity contribution < 1.29 is 0 Å². The summed E-state index contributed by atoms with van der Waals surface area (Å²) in [6.07, 6.45) is 6.14. The fraction of sp³-hybridized carbons (Fsp3) is 0.643. The van der Waals surface area contributed by atoms with Crippen LogP contribution in [-0.4, -0.2) is 29.0 Å². The van der Waals surface area contributed by atoms with Crippen LogP contribution in [0.1, 0.15) is 45.2 Å². The van der Waals surface area contributed by atoms with Crippen LogP contribution >= 0.6 is 0 Å². The Morgan fingerprint density at radius 2 is 1.94 bits per heavy atom. The summed E-state index contributed by atoms with van der Waals surface area (Å²) in [4.78, 5) is 6.54. The lowest BCUT2D eigenvalue weighted by molar-refractivity contribution is 0.183. The maximum Gasteiger partial charge on any atom is 0.0497 e. The predicted molar refractivity (Wildman–Crippen MR) is 72.8 cm³/mol. The maximum atomic E-state index is 6.15. The molecule has 0 aliphatic carbocycles. The van der Waals surface area contributed by atoms with E-state index >= 15 is 0 Å². The van der Waals surface area contributed by atoms with E-state index in [1.165, 1.54) is 18.4 Å². The number of unbranched alkanes of at least 4 members (excludes halogenated alkanes) is 1. The molecule has 0 aromatic carbocycles. The molecule has 1 aromatic rings. The summed E-state index contributed by atoms with van der Waals surface area (Å²) in [5.41, 5.74) is 7.43. The molecule has 17 heavy (non-hydrogen) atoms. The zero-order valence-electron chi connectivity index (χ0n) is 11.3. The molecule has 0 aliphatic heterocycles. The Labute approximate surface area is 105 Å². The maximum absolute atomic E-state index is 6.15. The van der Waals surface area contributed by atoms with Gasteiger partial charge in [-0.3, -0.25) is 9.88 Å². The van der Waals surface area contributed by atoms with Gasteiger partial charge >= 0.3 is 0 Å². The molecule has 0 radical (unpaired) electrons. The molecule has 96 valence electrons. The van der Waals surface area contributed by atoms with Crippen LogP contribution in [0.5, 0.6) is 0 Å². The third kappa shape index (κ3) is 4.10. The summed E-state index contributed by atoms with van der Waals surface area (Å²) in [5, 5.41) is 0. The number of aromatic nitrogens is 1. The first-order valence-corrected chi connectivity index (χ1v) is 6.60. The Hall–Kier alpha value is -0.930. The summed E-state index contributed by atoms with van der Waals surface area (Å²) >= 11 is 0. The van der Waals surface area contributed by atoms with Gasteiger partial charge in [-0.05, 0) is 44.1 Å². The largest absolute Gasteiger partial charge is 0.326 e. The van der Waals surface area contributed by atoms with Crippen LogP contribution in [0.3, 0.4) is 0 Å². The second-order valence-corrected chi connectivity index (χ2v) is 4.57. The molecule has 0 spiro atoms. The van der Waals surface area contributed by atoms with Crippen LogP contribution in [0.4, 0.5) is 0 Å². The number of hydrogen-bond acceptors (Lipinski definition) is 3. The normalized spacial score (nSPS) is 14.9. The summed E-state index contributed by atoms with van der Waals surface area (Å²) in [6, 6.07) is 4.58. The molecule has 0 saturated carbocycles. The molecule has 1 aromatic heterocycles. The molecule has 3 heteroatoms. The number of pyridine rings is 1. The Morgan fingerprint density at radius 1 is 1.29 bits per heavy atom. The van der Waals surface area contributed by atoms with E-state index in [0.717, 1.165) is 13.1 Å². The highest BCUT2D eigenvalue weighted by molar-refractivity contribution is 5.17. The Kier molecular flexibility index (Phi) is 6.16. The summed E-state index contributed by atoms with van der Waals surface area (Å²) < 4.78 is 0. The standard InChI is InChI=1S/C14H25N3/c1-4-6-11-17(5-2)14(12(3)15)13-7-9-16-10-8-13/h7-10,12,14H,4-6,11,15H2,1-3H3. The number of likely N-dealkylation sites (N-methyl/N-ethyl adjacent to an activating group) is 1. The fourth-order valence-corrected chi connectivity index (χ4v) is 2.26. The molecule has 0 amide bonds. The van der Waals surface area contributed by atoms with Crippen molar-refractivity contribution in [1.82, 2.24) is 9.88 Å². The van der Waals surface area contributed by atoms with Crippen LogP contribution in [0.15, 0.2) is 24.5 Å². The molecular weight excluding hydrogens is 210 g/mol. The van der Waals surface area contributed by atoms with Crippen LogP contribution < -0.4 is 5.73 Å². The van der Waals surface area contributed by atoms with Crippen molar-refractivity contribution in [3.05, 3.63) is 30.1 Å². The minimum absolute atomic E-state index is 0.134. The molecule has 0 aliphatic rings. The highest BCUT2D eigenvalue weighted by Crippen LogP contribution is 2.23. The van der Waals surface area contributed by atoms with Gasteiger partial charge in [0.05, 0.1) is 0 Å². The summed E-state index contributed by atoms with van der Waals surface area (Å²) in [7, 11) is 0. The quantitative estimate of drug-likeness (QED) is 0.790. The average molecular weight is 235 g/mol. The van der Waals surface area contributed by atoms with Crippen LogP contribution in [0.25, 0.3) is 0 Å². The highest BCUT2D eigenvalue weighted by atomic mass is 15.2. The van der Waals surface area contributed by atoms with Gasteiger partial charge < -0.3 is 5.73 Å². The zero-order valence-corrected chi connectivity index (χ0v) is 11.3. The van der Waals surface area contributed by atoms with Gasteiger partial charge in [-0.25, -0.2) is 0 Å². The van der Waals surface area contributed by atoms with E-state index in [-0.39, 0.29) is 6.04 Å². The van der Waals surface area contributed by atoms with Crippen molar-refractivity contribution in [1.29, 1.82) is 0 Å². The summed E-state index contributed by atoms with van der Waals surface area (Å²) in [5.74, 6) is 0. The fourth-order valence-electron chi connectivity index (χ4n) is 2.26. The van der Waals surface area contributed by atoms with Gasteiger partial charge in [-0.1, -0.05) is 20.3 Å². The first-order valence-electron chi connectivity index (χ1n) is 6.60. The molecule has 2 unspecified atom stereocenters. The van der Waals surface area contributed by atoms with Crippen LogP contribution in [0.2, 0.25) is 0 Å². The van der Waals surface area contributed by atoms with Gasteiger partial charge in [0, 0.05) is 24.5 Å². The molecule has 0 bridgehead atoms. The van der Waals surface area contributed by atoms with Crippen molar-refractivity contribution in [3.8, 4) is 0 Å². The van der Waals surface area contributed by atoms with Crippen molar-refractivity contribution in [3.63, 3.8) is 0 Å².